The summed E-state index contributed by atoms with van der Waals surface area (Å²) >= 11 is 1.28. The third-order valence-corrected chi connectivity index (χ3v) is 4.62. The fraction of sp³-hybridized carbons (Fsp3) is 0.333. The van der Waals surface area contributed by atoms with Gasteiger partial charge in [-0.05, 0) is 26.0 Å². The summed E-state index contributed by atoms with van der Waals surface area (Å²) in [5.74, 6) is -0.712. The van der Waals surface area contributed by atoms with Crippen LogP contribution in [-0.2, 0) is 5.67 Å². The van der Waals surface area contributed by atoms with Crippen LogP contribution >= 0.6 is 11.3 Å². The quantitative estimate of drug-likeness (QED) is 0.924. The van der Waals surface area contributed by atoms with E-state index >= 15 is 4.39 Å². The second kappa shape index (κ2) is 5.10. The highest BCUT2D eigenvalue weighted by Crippen LogP contribution is 2.37. The number of rotatable bonds is 2. The number of halogens is 2. The van der Waals surface area contributed by atoms with Crippen molar-refractivity contribution in [3.63, 3.8) is 0 Å². The van der Waals surface area contributed by atoms with E-state index in [0.717, 1.165) is 6.08 Å². The summed E-state index contributed by atoms with van der Waals surface area (Å²) in [4.78, 5) is 17.6. The molecule has 0 aliphatic heterocycles. The van der Waals surface area contributed by atoms with Gasteiger partial charge in [0, 0.05) is 23.5 Å². The molecule has 2 N–H and O–H groups in total. The van der Waals surface area contributed by atoms with E-state index in [1.54, 1.807) is 19.2 Å². The van der Waals surface area contributed by atoms with Crippen molar-refractivity contribution < 1.29 is 8.78 Å². The lowest BCUT2D eigenvalue weighted by Gasteiger charge is -2.25. The maximum absolute atomic E-state index is 15.3. The number of nitrogens with two attached hydrogens (primary N) is 1. The standard InChI is InChI=1S/C15H15F2N3OS/c1-8-7-22-14-19-12(9(2)18)11(13(21)20(8)14)15(17)5-3-4-10(16)6-15/h3-4,6-7,9H,5,18H2,1-2H3. The molecule has 2 aromatic heterocycles. The van der Waals surface area contributed by atoms with Gasteiger partial charge in [-0.15, -0.1) is 11.3 Å². The lowest BCUT2D eigenvalue weighted by molar-refractivity contribution is 0.224. The highest BCUT2D eigenvalue weighted by atomic mass is 32.1. The van der Waals surface area contributed by atoms with Crippen LogP contribution in [0.5, 0.6) is 0 Å². The number of thiazole rings is 1. The Bertz CT molecular complexity index is 866. The molecule has 0 spiro atoms. The van der Waals surface area contributed by atoms with Crippen LogP contribution in [-0.4, -0.2) is 9.38 Å². The number of hydrogen-bond acceptors (Lipinski definition) is 4. The fourth-order valence-electron chi connectivity index (χ4n) is 2.66. The van der Waals surface area contributed by atoms with Gasteiger partial charge in [-0.2, -0.15) is 0 Å². The van der Waals surface area contributed by atoms with Crippen LogP contribution in [0.25, 0.3) is 4.96 Å². The van der Waals surface area contributed by atoms with Crippen molar-refractivity contribution in [2.75, 3.05) is 0 Å². The van der Waals surface area contributed by atoms with Crippen molar-refractivity contribution in [1.29, 1.82) is 0 Å². The van der Waals surface area contributed by atoms with Gasteiger partial charge in [-0.3, -0.25) is 9.20 Å². The predicted octanol–water partition coefficient (Wildman–Crippen LogP) is 3.06. The maximum Gasteiger partial charge on any atom is 0.265 e. The number of allylic oxidation sites excluding steroid dienone is 4. The Morgan fingerprint density at radius 2 is 2.27 bits per heavy atom. The van der Waals surface area contributed by atoms with Gasteiger partial charge in [-0.1, -0.05) is 6.08 Å². The molecular weight excluding hydrogens is 308 g/mol. The van der Waals surface area contributed by atoms with Crippen LogP contribution in [0.3, 0.4) is 0 Å². The van der Waals surface area contributed by atoms with Gasteiger partial charge < -0.3 is 5.73 Å². The summed E-state index contributed by atoms with van der Waals surface area (Å²) in [5.41, 5.74) is 3.77. The van der Waals surface area contributed by atoms with Crippen molar-refractivity contribution >= 4 is 16.3 Å². The van der Waals surface area contributed by atoms with Crippen molar-refractivity contribution in [3.05, 3.63) is 56.7 Å². The Morgan fingerprint density at radius 1 is 1.55 bits per heavy atom. The summed E-state index contributed by atoms with van der Waals surface area (Å²) in [6, 6.07) is -0.634. The Morgan fingerprint density at radius 3 is 2.91 bits per heavy atom. The SMILES string of the molecule is Cc1csc2nc(C(C)N)c(C3(F)C=C(F)C=CC3)c(=O)n12. The molecule has 3 rings (SSSR count). The van der Waals surface area contributed by atoms with Crippen LogP contribution < -0.4 is 11.3 Å². The molecule has 2 heterocycles. The molecule has 1 aliphatic carbocycles. The number of aryl methyl sites for hydroxylation is 1. The summed E-state index contributed by atoms with van der Waals surface area (Å²) in [7, 11) is 0. The summed E-state index contributed by atoms with van der Waals surface area (Å²) in [6.07, 6.45) is 3.26. The zero-order chi connectivity index (χ0) is 16.1. The van der Waals surface area contributed by atoms with Gasteiger partial charge in [0.25, 0.3) is 5.56 Å². The predicted molar refractivity (Wildman–Crippen MR) is 82.4 cm³/mol. The molecule has 1 aliphatic rings. The topological polar surface area (TPSA) is 60.4 Å². The summed E-state index contributed by atoms with van der Waals surface area (Å²) in [6.45, 7) is 3.37. The van der Waals surface area contributed by atoms with Gasteiger partial charge in [0.05, 0.1) is 11.3 Å². The molecule has 2 aromatic rings. The summed E-state index contributed by atoms with van der Waals surface area (Å²) in [5, 5.41) is 1.76. The van der Waals surface area contributed by atoms with Gasteiger partial charge in [0.15, 0.2) is 10.6 Å². The molecular formula is C15H15F2N3OS. The molecule has 0 aromatic carbocycles. The minimum Gasteiger partial charge on any atom is -0.323 e. The van der Waals surface area contributed by atoms with E-state index < -0.39 is 23.1 Å². The van der Waals surface area contributed by atoms with Crippen LogP contribution in [0.1, 0.15) is 36.3 Å². The molecule has 0 saturated heterocycles. The minimum absolute atomic E-state index is 0.119. The van der Waals surface area contributed by atoms with Gasteiger partial charge in [0.1, 0.15) is 5.83 Å². The fourth-order valence-corrected chi connectivity index (χ4v) is 3.53. The van der Waals surface area contributed by atoms with Crippen LogP contribution in [0, 0.1) is 6.92 Å². The van der Waals surface area contributed by atoms with Crippen LogP contribution in [0.4, 0.5) is 8.78 Å². The number of fused-ring (bicyclic) bond motifs is 1. The lowest BCUT2D eigenvalue weighted by Crippen LogP contribution is -2.34. The number of alkyl halides is 1. The van der Waals surface area contributed by atoms with E-state index in [2.05, 4.69) is 4.98 Å². The van der Waals surface area contributed by atoms with Crippen molar-refractivity contribution in [1.82, 2.24) is 9.38 Å². The third-order valence-electron chi connectivity index (χ3n) is 3.67. The first kappa shape index (κ1) is 15.1. The molecule has 4 nitrogen and oxygen atoms in total. The highest BCUT2D eigenvalue weighted by Gasteiger charge is 2.38. The second-order valence-corrected chi connectivity index (χ2v) is 6.30. The molecule has 7 heteroatoms. The molecule has 22 heavy (non-hydrogen) atoms. The highest BCUT2D eigenvalue weighted by molar-refractivity contribution is 7.15. The zero-order valence-electron chi connectivity index (χ0n) is 12.1. The number of nitrogens with zero attached hydrogens (tertiary/aromatic N) is 2. The largest absolute Gasteiger partial charge is 0.323 e. The Hall–Kier alpha value is -1.86. The Labute approximate surface area is 129 Å². The summed E-state index contributed by atoms with van der Waals surface area (Å²) < 4.78 is 30.2. The molecule has 0 bridgehead atoms. The number of aromatic nitrogens is 2. The molecule has 0 radical (unpaired) electrons. The first-order valence-corrected chi connectivity index (χ1v) is 7.72. The van der Waals surface area contributed by atoms with E-state index in [-0.39, 0.29) is 17.7 Å². The minimum atomic E-state index is -2.23. The Balaban J connectivity index is 2.39. The van der Waals surface area contributed by atoms with E-state index in [1.807, 2.05) is 0 Å². The molecule has 2 atom stereocenters. The van der Waals surface area contributed by atoms with Crippen LogP contribution in [0.15, 0.2) is 34.2 Å². The van der Waals surface area contributed by atoms with Crippen LogP contribution in [0.2, 0.25) is 0 Å². The van der Waals surface area contributed by atoms with E-state index in [9.17, 15) is 9.18 Å². The van der Waals surface area contributed by atoms with Gasteiger partial charge in [-0.25, -0.2) is 13.8 Å². The van der Waals surface area contributed by atoms with Crippen molar-refractivity contribution in [2.24, 2.45) is 5.73 Å². The molecule has 0 fully saturated rings. The second-order valence-electron chi connectivity index (χ2n) is 5.46. The zero-order valence-corrected chi connectivity index (χ0v) is 13.0. The first-order valence-electron chi connectivity index (χ1n) is 6.84. The van der Waals surface area contributed by atoms with Crippen molar-refractivity contribution in [2.45, 2.75) is 32.0 Å². The van der Waals surface area contributed by atoms with E-state index in [4.69, 9.17) is 5.73 Å². The van der Waals surface area contributed by atoms with Gasteiger partial charge in [0.2, 0.25) is 0 Å². The average Bonchev–Trinajstić information content (AvgIpc) is 2.79. The smallest absolute Gasteiger partial charge is 0.265 e. The molecule has 0 amide bonds. The average molecular weight is 323 g/mol. The normalized spacial score (nSPS) is 22.9. The molecule has 2 unspecified atom stereocenters. The third kappa shape index (κ3) is 2.21. The number of hydrogen-bond donors (Lipinski definition) is 1. The maximum atomic E-state index is 15.3. The Kier molecular flexibility index (Phi) is 3.49. The van der Waals surface area contributed by atoms with E-state index in [1.165, 1.54) is 27.9 Å². The molecule has 0 saturated carbocycles. The molecule has 116 valence electrons. The monoisotopic (exact) mass is 323 g/mol. The first-order chi connectivity index (χ1) is 10.3. The lowest BCUT2D eigenvalue weighted by atomic mass is 9.87. The van der Waals surface area contributed by atoms with Gasteiger partial charge >= 0.3 is 0 Å². The van der Waals surface area contributed by atoms with Crippen molar-refractivity contribution in [3.8, 4) is 0 Å². The van der Waals surface area contributed by atoms with E-state index in [0.29, 0.717) is 10.7 Å².